The minimum atomic E-state index is -0.241. The summed E-state index contributed by atoms with van der Waals surface area (Å²) in [7, 11) is 0. The summed E-state index contributed by atoms with van der Waals surface area (Å²) in [6.45, 7) is 0. The lowest BCUT2D eigenvalue weighted by Crippen LogP contribution is -1.90. The van der Waals surface area contributed by atoms with E-state index >= 15 is 0 Å². The van der Waals surface area contributed by atoms with Crippen molar-refractivity contribution in [3.05, 3.63) is 104 Å². The van der Waals surface area contributed by atoms with Gasteiger partial charge in [-0.25, -0.2) is 13.2 Å². The zero-order chi connectivity index (χ0) is 20.4. The van der Waals surface area contributed by atoms with Crippen LogP contribution in [0, 0.1) is 17.5 Å². The fraction of sp³-hybridized carbons (Fsp3) is 0.0435. The molecule has 5 rings (SSSR count). The van der Waals surface area contributed by atoms with Crippen molar-refractivity contribution in [3.63, 3.8) is 0 Å². The number of benzene rings is 3. The van der Waals surface area contributed by atoms with Crippen LogP contribution in [0.3, 0.4) is 0 Å². The molecule has 0 unspecified atom stereocenters. The molecule has 0 saturated carbocycles. The van der Waals surface area contributed by atoms with Crippen molar-refractivity contribution >= 4 is 58.8 Å². The van der Waals surface area contributed by atoms with Gasteiger partial charge in [0.1, 0.15) is 17.5 Å². The summed E-state index contributed by atoms with van der Waals surface area (Å²) in [4.78, 5) is 1.03. The molecule has 2 heterocycles. The van der Waals surface area contributed by atoms with Crippen LogP contribution in [0.5, 0.6) is 0 Å². The number of thiophene rings is 2. The van der Waals surface area contributed by atoms with Crippen LogP contribution < -0.4 is 0 Å². The molecule has 146 valence electrons. The molecule has 0 N–H and O–H groups in total. The van der Waals surface area contributed by atoms with Crippen molar-refractivity contribution in [3.8, 4) is 0 Å². The summed E-state index contributed by atoms with van der Waals surface area (Å²) >= 11 is 6.40. The lowest BCUT2D eigenvalue weighted by atomic mass is 10.1. The first-order valence-corrected chi connectivity index (χ1v) is 11.2. The molecule has 29 heavy (non-hydrogen) atoms. The Kier molecular flexibility index (Phi) is 6.04. The van der Waals surface area contributed by atoms with E-state index in [1.807, 2.05) is 17.5 Å². The van der Waals surface area contributed by atoms with E-state index in [4.69, 9.17) is 0 Å². The minimum absolute atomic E-state index is 0.157. The van der Waals surface area contributed by atoms with Crippen LogP contribution in [0.1, 0.15) is 10.4 Å². The molecule has 0 atom stereocenters. The van der Waals surface area contributed by atoms with Crippen LogP contribution in [-0.4, -0.2) is 0 Å². The molecule has 0 radical (unpaired) electrons. The zero-order valence-electron chi connectivity index (χ0n) is 15.0. The maximum absolute atomic E-state index is 13.7. The average Bonchev–Trinajstić information content (AvgIpc) is 3.30. The third kappa shape index (κ3) is 4.89. The van der Waals surface area contributed by atoms with Gasteiger partial charge in [0.25, 0.3) is 0 Å². The number of halogens is 4. The van der Waals surface area contributed by atoms with Crippen molar-refractivity contribution < 1.29 is 13.2 Å². The van der Waals surface area contributed by atoms with E-state index in [0.29, 0.717) is 12.0 Å². The predicted octanol–water partition coefficient (Wildman–Crippen LogP) is 8.57. The van der Waals surface area contributed by atoms with E-state index in [0.717, 1.165) is 29.5 Å². The van der Waals surface area contributed by atoms with Crippen LogP contribution in [0.25, 0.3) is 20.2 Å². The Hall–Kier alpha value is -2.15. The number of rotatable bonds is 2. The van der Waals surface area contributed by atoms with Crippen LogP contribution in [-0.2, 0) is 6.42 Å². The molecule has 0 saturated heterocycles. The first-order valence-electron chi connectivity index (χ1n) is 8.72. The van der Waals surface area contributed by atoms with Gasteiger partial charge in [-0.15, -0.1) is 22.7 Å². The Morgan fingerprint density at radius 1 is 0.724 bits per heavy atom. The highest BCUT2D eigenvalue weighted by atomic mass is 79.9. The second-order valence-corrected chi connectivity index (χ2v) is 9.44. The van der Waals surface area contributed by atoms with Gasteiger partial charge in [0.2, 0.25) is 0 Å². The molecule has 3 aromatic carbocycles. The zero-order valence-corrected chi connectivity index (χ0v) is 18.2. The van der Waals surface area contributed by atoms with Gasteiger partial charge in [0.15, 0.2) is 0 Å². The number of hydrogen-bond donors (Lipinski definition) is 0. The van der Waals surface area contributed by atoms with E-state index in [1.54, 1.807) is 41.7 Å². The summed E-state index contributed by atoms with van der Waals surface area (Å²) in [5, 5.41) is 4.08. The highest BCUT2D eigenvalue weighted by Gasteiger charge is 2.08. The Morgan fingerprint density at radius 2 is 1.45 bits per heavy atom. The molecule has 0 bridgehead atoms. The maximum atomic E-state index is 13.7. The number of fused-ring (bicyclic) bond motifs is 2. The van der Waals surface area contributed by atoms with Crippen molar-refractivity contribution in [1.82, 2.24) is 0 Å². The Morgan fingerprint density at radius 3 is 2.24 bits per heavy atom. The highest BCUT2D eigenvalue weighted by molar-refractivity contribution is 9.10. The summed E-state index contributed by atoms with van der Waals surface area (Å²) < 4.78 is 42.1. The van der Waals surface area contributed by atoms with Gasteiger partial charge >= 0.3 is 0 Å². The quantitative estimate of drug-likeness (QED) is 0.232. The van der Waals surface area contributed by atoms with Gasteiger partial charge in [-0.05, 0) is 76.3 Å². The van der Waals surface area contributed by atoms with Crippen LogP contribution >= 0.6 is 38.6 Å². The predicted molar refractivity (Wildman–Crippen MR) is 120 cm³/mol. The standard InChI is InChI=1S/C15H9BrF2S.C8H5FS/c16-11-2-4-14(18)10(5-11)7-13-6-9-1-3-12(17)8-15(9)19-13;9-7-2-1-6-3-4-10-8(6)5-7/h1-6,8H,7H2;1-5H. The maximum Gasteiger partial charge on any atom is 0.126 e. The molecular weight excluding hydrogens is 477 g/mol. The summed E-state index contributed by atoms with van der Waals surface area (Å²) in [6.07, 6.45) is 0.520. The second-order valence-electron chi connectivity index (χ2n) is 6.41. The molecule has 0 amide bonds. The third-order valence-electron chi connectivity index (χ3n) is 4.32. The molecule has 0 aliphatic carbocycles. The SMILES string of the molecule is Fc1ccc2cc(Cc3cc(Br)ccc3F)sc2c1.Fc1ccc2ccsc2c1. The number of hydrogen-bond acceptors (Lipinski definition) is 2. The van der Waals surface area contributed by atoms with E-state index in [1.165, 1.54) is 35.6 Å². The molecule has 2 aromatic heterocycles. The van der Waals surface area contributed by atoms with Crippen molar-refractivity contribution in [2.24, 2.45) is 0 Å². The first kappa shape index (κ1) is 20.1. The fourth-order valence-corrected chi connectivity index (χ4v) is 5.28. The van der Waals surface area contributed by atoms with Gasteiger partial charge in [0, 0.05) is 25.2 Å². The third-order valence-corrected chi connectivity index (χ3v) is 6.79. The largest absolute Gasteiger partial charge is 0.207 e. The smallest absolute Gasteiger partial charge is 0.126 e. The van der Waals surface area contributed by atoms with E-state index in [2.05, 4.69) is 15.9 Å². The van der Waals surface area contributed by atoms with E-state index < -0.39 is 0 Å². The molecule has 0 spiro atoms. The first-order chi connectivity index (χ1) is 14.0. The Bertz CT molecular complexity index is 1290. The summed E-state index contributed by atoms with van der Waals surface area (Å²) in [5.41, 5.74) is 0.640. The highest BCUT2D eigenvalue weighted by Crippen LogP contribution is 2.29. The molecule has 5 aromatic rings. The van der Waals surface area contributed by atoms with E-state index in [9.17, 15) is 13.2 Å². The Balaban J connectivity index is 0.000000171. The summed E-state index contributed by atoms with van der Waals surface area (Å²) in [6, 6.07) is 18.4. The molecule has 0 aliphatic rings. The molecular formula is C23H14BrF3S2. The van der Waals surface area contributed by atoms with Crippen molar-refractivity contribution in [2.75, 3.05) is 0 Å². The van der Waals surface area contributed by atoms with Crippen molar-refractivity contribution in [2.45, 2.75) is 6.42 Å². The van der Waals surface area contributed by atoms with Gasteiger partial charge in [0.05, 0.1) is 0 Å². The van der Waals surface area contributed by atoms with Gasteiger partial charge in [-0.3, -0.25) is 0 Å². The van der Waals surface area contributed by atoms with E-state index in [-0.39, 0.29) is 17.5 Å². The van der Waals surface area contributed by atoms with Crippen LogP contribution in [0.4, 0.5) is 13.2 Å². The molecule has 6 heteroatoms. The lowest BCUT2D eigenvalue weighted by Gasteiger charge is -2.01. The topological polar surface area (TPSA) is 0 Å². The minimum Gasteiger partial charge on any atom is -0.207 e. The van der Waals surface area contributed by atoms with Crippen LogP contribution in [0.15, 0.2) is 76.6 Å². The molecule has 0 fully saturated rings. The fourth-order valence-electron chi connectivity index (χ4n) is 2.94. The lowest BCUT2D eigenvalue weighted by molar-refractivity contribution is 0.614. The van der Waals surface area contributed by atoms with Gasteiger partial charge < -0.3 is 0 Å². The van der Waals surface area contributed by atoms with Crippen LogP contribution in [0.2, 0.25) is 0 Å². The molecule has 0 nitrogen and oxygen atoms in total. The normalized spacial score (nSPS) is 10.9. The Labute approximate surface area is 182 Å². The summed E-state index contributed by atoms with van der Waals surface area (Å²) in [5.74, 6) is -0.615. The second kappa shape index (κ2) is 8.69. The van der Waals surface area contributed by atoms with Crippen molar-refractivity contribution in [1.29, 1.82) is 0 Å². The average molecular weight is 491 g/mol. The van der Waals surface area contributed by atoms with Gasteiger partial charge in [-0.2, -0.15) is 0 Å². The monoisotopic (exact) mass is 490 g/mol. The van der Waals surface area contributed by atoms with Gasteiger partial charge in [-0.1, -0.05) is 28.1 Å². The molecule has 0 aliphatic heterocycles.